The number of rotatable bonds is 16. The van der Waals surface area contributed by atoms with Crippen LogP contribution in [0.4, 0.5) is 17.6 Å². The van der Waals surface area contributed by atoms with Gasteiger partial charge in [0.1, 0.15) is 0 Å². The highest BCUT2D eigenvalue weighted by Crippen LogP contribution is 2.61. The summed E-state index contributed by atoms with van der Waals surface area (Å²) in [6.07, 6.45) is 0.258. The van der Waals surface area contributed by atoms with Gasteiger partial charge < -0.3 is 29.0 Å². The summed E-state index contributed by atoms with van der Waals surface area (Å²) in [5.41, 5.74) is -8.87. The Hall–Kier alpha value is -2.70. The molecule has 0 aliphatic rings. The summed E-state index contributed by atoms with van der Waals surface area (Å²) in [7, 11) is -11.6. The average Bonchev–Trinajstić information content (AvgIpc) is 3.01. The molecule has 0 amide bonds. The van der Waals surface area contributed by atoms with E-state index in [1.807, 2.05) is 60.7 Å². The Labute approximate surface area is 283 Å². The normalized spacial score (nSPS) is 13.1. The summed E-state index contributed by atoms with van der Waals surface area (Å²) in [4.78, 5) is 36.9. The second-order valence-corrected chi connectivity index (χ2v) is 15.6. The van der Waals surface area contributed by atoms with Gasteiger partial charge in [-0.15, -0.1) is 0 Å². The number of benzene rings is 4. The molecule has 0 heterocycles. The Balaban J connectivity index is 1.72. The van der Waals surface area contributed by atoms with Gasteiger partial charge in [0.2, 0.25) is 0 Å². The van der Waals surface area contributed by atoms with Gasteiger partial charge in [0.25, 0.3) is 0 Å². The summed E-state index contributed by atoms with van der Waals surface area (Å²) in [5, 5.41) is 0. The van der Waals surface area contributed by atoms with Crippen molar-refractivity contribution in [1.29, 1.82) is 0 Å². The lowest BCUT2D eigenvalue weighted by molar-refractivity contribution is -0.0332. The molecule has 15 heteroatoms. The van der Waals surface area contributed by atoms with Crippen molar-refractivity contribution >= 4 is 31.1 Å². The van der Waals surface area contributed by atoms with Crippen LogP contribution in [-0.2, 0) is 56.0 Å². The Bertz CT molecular complexity index is 1710. The van der Waals surface area contributed by atoms with Gasteiger partial charge in [-0.05, 0) is 41.2 Å². The Morgan fingerprint density at radius 3 is 1.46 bits per heavy atom. The Kier molecular flexibility index (Phi) is 12.3. The highest BCUT2D eigenvalue weighted by Gasteiger charge is 2.52. The zero-order valence-electron chi connectivity index (χ0n) is 25.3. The number of hydrogen-bond acceptors (Lipinski definition) is 4. The molecule has 0 saturated heterocycles. The minimum Gasteiger partial charge on any atom is -0.376 e. The van der Waals surface area contributed by atoms with Crippen LogP contribution >= 0.6 is 31.1 Å². The van der Waals surface area contributed by atoms with Crippen LogP contribution in [0.15, 0.2) is 108 Å². The van der Waals surface area contributed by atoms with E-state index < -0.39 is 43.1 Å². The van der Waals surface area contributed by atoms with E-state index in [1.54, 1.807) is 0 Å². The third-order valence-corrected chi connectivity index (χ3v) is 10.2. The van der Waals surface area contributed by atoms with Crippen molar-refractivity contribution in [2.75, 3.05) is 13.2 Å². The molecule has 4 rings (SSSR count). The first-order chi connectivity index (χ1) is 22.4. The second kappa shape index (κ2) is 15.5. The molecule has 0 saturated carbocycles. The third-order valence-electron chi connectivity index (χ3n) is 7.59. The van der Waals surface area contributed by atoms with Crippen molar-refractivity contribution in [3.05, 3.63) is 141 Å². The van der Waals surface area contributed by atoms with E-state index in [-0.39, 0.29) is 43.7 Å². The van der Waals surface area contributed by atoms with E-state index in [2.05, 4.69) is 15.9 Å². The zero-order valence-corrected chi connectivity index (χ0v) is 28.6. The van der Waals surface area contributed by atoms with Gasteiger partial charge in [0.15, 0.2) is 0 Å². The molecule has 0 bridgehead atoms. The van der Waals surface area contributed by atoms with Gasteiger partial charge in [-0.3, -0.25) is 9.13 Å². The van der Waals surface area contributed by atoms with Gasteiger partial charge in [-0.25, -0.2) is 0 Å². The highest BCUT2D eigenvalue weighted by molar-refractivity contribution is 9.10. The fourth-order valence-corrected chi connectivity index (χ4v) is 6.98. The predicted molar refractivity (Wildman–Crippen MR) is 174 cm³/mol. The molecule has 0 aliphatic heterocycles. The van der Waals surface area contributed by atoms with Crippen molar-refractivity contribution in [3.8, 4) is 0 Å². The quantitative estimate of drug-likeness (QED) is 0.0663. The summed E-state index contributed by atoms with van der Waals surface area (Å²) in [5.74, 6) is 0. The Morgan fingerprint density at radius 2 is 1.02 bits per heavy atom. The first-order valence-corrected chi connectivity index (χ1v) is 18.4. The van der Waals surface area contributed by atoms with Crippen LogP contribution in [0.2, 0.25) is 0 Å². The molecule has 0 aliphatic carbocycles. The predicted octanol–water partition coefficient (Wildman–Crippen LogP) is 8.11. The molecule has 0 unspecified atom stereocenters. The van der Waals surface area contributed by atoms with Gasteiger partial charge >= 0.3 is 26.5 Å². The lowest BCUT2D eigenvalue weighted by Gasteiger charge is -2.34. The minimum absolute atomic E-state index is 0.0368. The van der Waals surface area contributed by atoms with E-state index in [0.29, 0.717) is 11.1 Å². The average molecular weight is 775 g/mol. The molecule has 48 heavy (non-hydrogen) atoms. The van der Waals surface area contributed by atoms with Crippen molar-refractivity contribution in [3.63, 3.8) is 0 Å². The van der Waals surface area contributed by atoms with E-state index in [0.717, 1.165) is 29.3 Å². The molecule has 0 atom stereocenters. The maximum Gasteiger partial charge on any atom is 0.399 e. The minimum atomic E-state index is -5.84. The smallest absolute Gasteiger partial charge is 0.376 e. The zero-order chi connectivity index (χ0) is 35.2. The molecule has 0 aromatic heterocycles. The molecular weight excluding hydrogens is 742 g/mol. The summed E-state index contributed by atoms with van der Waals surface area (Å²) < 4.78 is 93.0. The maximum atomic E-state index is 14.6. The van der Waals surface area contributed by atoms with Gasteiger partial charge in [0, 0.05) is 21.0 Å². The Morgan fingerprint density at radius 1 is 0.583 bits per heavy atom. The largest absolute Gasteiger partial charge is 0.399 e. The lowest BCUT2D eigenvalue weighted by Crippen LogP contribution is -2.37. The van der Waals surface area contributed by atoms with Crippen LogP contribution in [0.5, 0.6) is 0 Å². The van der Waals surface area contributed by atoms with Crippen LogP contribution in [0.3, 0.4) is 0 Å². The van der Waals surface area contributed by atoms with Crippen LogP contribution in [0.1, 0.15) is 33.4 Å². The summed E-state index contributed by atoms with van der Waals surface area (Å²) in [6, 6.07) is 26.6. The van der Waals surface area contributed by atoms with E-state index in [4.69, 9.17) is 9.47 Å². The van der Waals surface area contributed by atoms with Crippen LogP contribution < -0.4 is 0 Å². The molecule has 258 valence electrons. The molecule has 4 aromatic carbocycles. The molecule has 4 N–H and O–H groups in total. The molecule has 4 aromatic rings. The molecule has 0 radical (unpaired) electrons. The van der Waals surface area contributed by atoms with Gasteiger partial charge in [-0.1, -0.05) is 113 Å². The number of alkyl halides is 4. The third kappa shape index (κ3) is 9.50. The van der Waals surface area contributed by atoms with Gasteiger partial charge in [0.05, 0.1) is 26.4 Å². The van der Waals surface area contributed by atoms with Crippen molar-refractivity contribution < 1.29 is 55.7 Å². The topological polar surface area (TPSA) is 134 Å². The van der Waals surface area contributed by atoms with E-state index in [9.17, 15) is 46.3 Å². The second-order valence-electron chi connectivity index (χ2n) is 11.5. The number of ether oxygens (including phenoxy) is 2. The lowest BCUT2D eigenvalue weighted by atomic mass is 9.77. The molecular formula is C33H33BrF4O8P2. The SMILES string of the molecule is O=P(O)(O)C(F)(F)c1ccc(CC(COCc2ccccc2)(COCc2ccccc2)Cc2ccc(C(F)(F)P(=O)(O)O)c(Br)c2)cc1. The summed E-state index contributed by atoms with van der Waals surface area (Å²) >= 11 is 3.04. The van der Waals surface area contributed by atoms with Crippen LogP contribution in [0.25, 0.3) is 0 Å². The maximum absolute atomic E-state index is 14.6. The highest BCUT2D eigenvalue weighted by atomic mass is 79.9. The van der Waals surface area contributed by atoms with Gasteiger partial charge in [-0.2, -0.15) is 17.6 Å². The first kappa shape index (κ1) is 38.1. The summed E-state index contributed by atoms with van der Waals surface area (Å²) in [6.45, 7) is 0.474. The van der Waals surface area contributed by atoms with Crippen molar-refractivity contribution in [2.45, 2.75) is 37.4 Å². The van der Waals surface area contributed by atoms with E-state index >= 15 is 0 Å². The standard InChI is InChI=1S/C33H33BrF4O8P2/c34-30-17-27(13-16-29(30)33(37,38)48(42,43)44)19-31(22-45-20-25-7-3-1-4-8-25,23-46-21-26-9-5-2-6-10-26)18-24-11-14-28(15-12-24)32(35,36)47(39,40)41/h1-17H,18-23H2,(H2,39,40,41)(H2,42,43,44). The van der Waals surface area contributed by atoms with Crippen LogP contribution in [-0.4, -0.2) is 32.8 Å². The monoisotopic (exact) mass is 774 g/mol. The van der Waals surface area contributed by atoms with Crippen LogP contribution in [0, 0.1) is 5.41 Å². The molecule has 8 nitrogen and oxygen atoms in total. The van der Waals surface area contributed by atoms with Crippen molar-refractivity contribution in [1.82, 2.24) is 0 Å². The van der Waals surface area contributed by atoms with Crippen molar-refractivity contribution in [2.24, 2.45) is 5.41 Å². The first-order valence-electron chi connectivity index (χ1n) is 14.4. The fraction of sp³-hybridized carbons (Fsp3) is 0.273. The fourth-order valence-electron chi connectivity index (χ4n) is 5.15. The number of halogens is 5. The molecule has 0 fully saturated rings. The van der Waals surface area contributed by atoms with E-state index in [1.165, 1.54) is 24.3 Å². The number of hydrogen-bond donors (Lipinski definition) is 4. The molecule has 0 spiro atoms.